The first-order chi connectivity index (χ1) is 13.4. The molecule has 5 nitrogen and oxygen atoms in total. The second kappa shape index (κ2) is 6.88. The molecule has 1 saturated heterocycles. The van der Waals surface area contributed by atoms with Crippen LogP contribution in [0.3, 0.4) is 0 Å². The Bertz CT molecular complexity index is 971. The lowest BCUT2D eigenvalue weighted by molar-refractivity contribution is -0.139. The number of nitrogens with zero attached hydrogens (tertiary/aromatic N) is 1. The molecule has 0 aliphatic carbocycles. The summed E-state index contributed by atoms with van der Waals surface area (Å²) >= 11 is 0. The molecule has 1 N–H and O–H groups in total. The zero-order chi connectivity index (χ0) is 19.9. The molecule has 2 aliphatic rings. The molecule has 2 aromatic rings. The second-order valence-electron chi connectivity index (χ2n) is 6.97. The van der Waals surface area contributed by atoms with Crippen molar-refractivity contribution in [1.82, 2.24) is 0 Å². The Morgan fingerprint density at radius 2 is 2.00 bits per heavy atom. The quantitative estimate of drug-likeness (QED) is 0.865. The molecule has 7 heteroatoms. The zero-order valence-electron chi connectivity index (χ0n) is 15.2. The van der Waals surface area contributed by atoms with E-state index >= 15 is 0 Å². The number of carbonyl (C=O) groups is 1. The average molecular weight is 384 g/mol. The number of nitriles is 1. The van der Waals surface area contributed by atoms with Gasteiger partial charge in [-0.05, 0) is 11.6 Å². The van der Waals surface area contributed by atoms with E-state index in [2.05, 4.69) is 11.4 Å². The molecule has 2 heterocycles. The molecule has 4 rings (SSSR count). The zero-order valence-corrected chi connectivity index (χ0v) is 15.2. The van der Waals surface area contributed by atoms with Gasteiger partial charge in [-0.3, -0.25) is 4.79 Å². The number of hydrogen-bond acceptors (Lipinski definition) is 4. The van der Waals surface area contributed by atoms with Crippen molar-refractivity contribution >= 4 is 11.6 Å². The Morgan fingerprint density at radius 1 is 1.29 bits per heavy atom. The fraction of sp³-hybridized carbons (Fsp3) is 0.333. The number of ether oxygens (including phenoxy) is 2. The van der Waals surface area contributed by atoms with Gasteiger partial charge in [0.15, 0.2) is 0 Å². The van der Waals surface area contributed by atoms with Gasteiger partial charge in [-0.1, -0.05) is 24.3 Å². The molecule has 0 unspecified atom stereocenters. The van der Waals surface area contributed by atoms with Gasteiger partial charge in [-0.15, -0.1) is 0 Å². The van der Waals surface area contributed by atoms with Crippen LogP contribution < -0.4 is 10.1 Å². The van der Waals surface area contributed by atoms with Gasteiger partial charge < -0.3 is 14.8 Å². The summed E-state index contributed by atoms with van der Waals surface area (Å²) in [6.07, 6.45) is 0.673. The van der Waals surface area contributed by atoms with Crippen LogP contribution in [0.5, 0.6) is 5.75 Å². The Balaban J connectivity index is 1.77. The summed E-state index contributed by atoms with van der Waals surface area (Å²) in [4.78, 5) is 12.3. The normalized spacial score (nSPS) is 17.9. The first-order valence-electron chi connectivity index (χ1n) is 9.02. The van der Waals surface area contributed by atoms with Crippen molar-refractivity contribution in [2.75, 3.05) is 18.5 Å². The predicted molar refractivity (Wildman–Crippen MR) is 98.3 cm³/mol. The minimum absolute atomic E-state index is 0.0851. The highest BCUT2D eigenvalue weighted by Crippen LogP contribution is 2.43. The lowest BCUT2D eigenvalue weighted by Crippen LogP contribution is -2.39. The van der Waals surface area contributed by atoms with Crippen LogP contribution in [0.2, 0.25) is 0 Å². The van der Waals surface area contributed by atoms with E-state index in [0.29, 0.717) is 54.2 Å². The SMILES string of the molecule is CC(F)(F)c1ccc(-c2cc(NC(=O)[C@@H]3CCO3)c(C#N)c3c2OCC3)cc1. The number of alkyl halides is 2. The summed E-state index contributed by atoms with van der Waals surface area (Å²) in [5.41, 5.74) is 2.70. The standard InChI is InChI=1S/C21H18F2N2O3/c1-21(22,23)13-4-2-12(3-5-13)15-10-17(25-20(26)18-7-9-27-18)16(11-24)14-6-8-28-19(14)15/h2-5,10,18H,6-9H2,1H3,(H,25,26)/t18-/m0/s1. The van der Waals surface area contributed by atoms with Crippen LogP contribution in [0.4, 0.5) is 14.5 Å². The van der Waals surface area contributed by atoms with Crippen LogP contribution in [0, 0.1) is 11.3 Å². The van der Waals surface area contributed by atoms with E-state index in [-0.39, 0.29) is 11.5 Å². The maximum absolute atomic E-state index is 13.5. The van der Waals surface area contributed by atoms with E-state index in [1.807, 2.05) is 0 Å². The van der Waals surface area contributed by atoms with Crippen molar-refractivity contribution in [2.45, 2.75) is 31.8 Å². The third kappa shape index (κ3) is 3.20. The lowest BCUT2D eigenvalue weighted by atomic mass is 9.94. The van der Waals surface area contributed by atoms with Crippen LogP contribution in [0.25, 0.3) is 11.1 Å². The van der Waals surface area contributed by atoms with Gasteiger partial charge in [-0.25, -0.2) is 8.78 Å². The Labute approximate surface area is 160 Å². The van der Waals surface area contributed by atoms with Crippen LogP contribution in [-0.2, 0) is 21.9 Å². The van der Waals surface area contributed by atoms with E-state index in [9.17, 15) is 18.8 Å². The van der Waals surface area contributed by atoms with Crippen molar-refractivity contribution < 1.29 is 23.0 Å². The molecule has 1 amide bonds. The maximum atomic E-state index is 13.5. The van der Waals surface area contributed by atoms with Gasteiger partial charge in [0.1, 0.15) is 17.9 Å². The molecular weight excluding hydrogens is 366 g/mol. The predicted octanol–water partition coefficient (Wildman–Crippen LogP) is 4.00. The van der Waals surface area contributed by atoms with Crippen molar-refractivity contribution in [3.05, 3.63) is 47.0 Å². The van der Waals surface area contributed by atoms with Crippen molar-refractivity contribution in [3.8, 4) is 22.9 Å². The number of anilines is 1. The van der Waals surface area contributed by atoms with E-state index in [0.717, 1.165) is 12.5 Å². The van der Waals surface area contributed by atoms with Crippen molar-refractivity contribution in [1.29, 1.82) is 5.26 Å². The third-order valence-corrected chi connectivity index (χ3v) is 5.04. The molecule has 0 saturated carbocycles. The molecule has 1 atom stereocenters. The highest BCUT2D eigenvalue weighted by Gasteiger charge is 2.30. The summed E-state index contributed by atoms with van der Waals surface area (Å²) in [5, 5.41) is 12.4. The Hall–Kier alpha value is -2.98. The summed E-state index contributed by atoms with van der Waals surface area (Å²) in [7, 11) is 0. The molecule has 0 radical (unpaired) electrons. The number of carbonyl (C=O) groups excluding carboxylic acids is 1. The molecule has 0 bridgehead atoms. The molecule has 28 heavy (non-hydrogen) atoms. The Kier molecular flexibility index (Phi) is 4.52. The minimum atomic E-state index is -2.93. The summed E-state index contributed by atoms with van der Waals surface area (Å²) in [6.45, 7) is 1.81. The van der Waals surface area contributed by atoms with E-state index in [1.54, 1.807) is 18.2 Å². The van der Waals surface area contributed by atoms with Gasteiger partial charge in [0.2, 0.25) is 0 Å². The fourth-order valence-corrected chi connectivity index (χ4v) is 3.42. The molecule has 0 spiro atoms. The molecule has 1 fully saturated rings. The fourth-order valence-electron chi connectivity index (χ4n) is 3.42. The maximum Gasteiger partial charge on any atom is 0.270 e. The number of fused-ring (bicyclic) bond motifs is 1. The lowest BCUT2D eigenvalue weighted by Gasteiger charge is -2.25. The van der Waals surface area contributed by atoms with Gasteiger partial charge in [-0.2, -0.15) is 5.26 Å². The minimum Gasteiger partial charge on any atom is -0.492 e. The second-order valence-corrected chi connectivity index (χ2v) is 6.97. The summed E-state index contributed by atoms with van der Waals surface area (Å²) < 4.78 is 37.9. The number of halogens is 2. The highest BCUT2D eigenvalue weighted by atomic mass is 19.3. The average Bonchev–Trinajstić information content (AvgIpc) is 3.08. The number of nitrogens with one attached hydrogen (secondary N) is 1. The van der Waals surface area contributed by atoms with Crippen molar-refractivity contribution in [2.24, 2.45) is 0 Å². The number of rotatable bonds is 4. The number of amides is 1. The summed E-state index contributed by atoms with van der Waals surface area (Å²) in [5.74, 6) is -2.66. The Morgan fingerprint density at radius 3 is 2.57 bits per heavy atom. The third-order valence-electron chi connectivity index (χ3n) is 5.04. The first kappa shape index (κ1) is 18.4. The van der Waals surface area contributed by atoms with Crippen molar-refractivity contribution in [3.63, 3.8) is 0 Å². The van der Waals surface area contributed by atoms with E-state index in [1.165, 1.54) is 12.1 Å². The molecule has 0 aromatic heterocycles. The molecule has 144 valence electrons. The smallest absolute Gasteiger partial charge is 0.270 e. The molecule has 2 aliphatic heterocycles. The first-order valence-corrected chi connectivity index (χ1v) is 9.02. The van der Waals surface area contributed by atoms with Crippen LogP contribution in [0.15, 0.2) is 30.3 Å². The molecule has 2 aromatic carbocycles. The van der Waals surface area contributed by atoms with E-state index < -0.39 is 12.0 Å². The van der Waals surface area contributed by atoms with Gasteiger partial charge in [0, 0.05) is 36.5 Å². The number of benzene rings is 2. The van der Waals surface area contributed by atoms with E-state index in [4.69, 9.17) is 9.47 Å². The van der Waals surface area contributed by atoms with Gasteiger partial charge in [0.05, 0.1) is 24.5 Å². The number of hydrogen-bond donors (Lipinski definition) is 1. The monoisotopic (exact) mass is 384 g/mol. The van der Waals surface area contributed by atoms with Crippen LogP contribution in [-0.4, -0.2) is 25.2 Å². The largest absolute Gasteiger partial charge is 0.492 e. The molecular formula is C21H18F2N2O3. The highest BCUT2D eigenvalue weighted by molar-refractivity contribution is 5.97. The van der Waals surface area contributed by atoms with Gasteiger partial charge in [0.25, 0.3) is 11.8 Å². The summed E-state index contributed by atoms with van der Waals surface area (Å²) in [6, 6.07) is 9.74. The van der Waals surface area contributed by atoms with Crippen LogP contribution in [0.1, 0.15) is 30.0 Å². The van der Waals surface area contributed by atoms with Gasteiger partial charge >= 0.3 is 0 Å². The van der Waals surface area contributed by atoms with Crippen LogP contribution >= 0.6 is 0 Å². The topological polar surface area (TPSA) is 71.3 Å².